The smallest absolute Gasteiger partial charge is 0.336 e. The fraction of sp³-hybridized carbons (Fsp3) is 0.583. The van der Waals surface area contributed by atoms with Crippen LogP contribution in [0.15, 0.2) is 11.4 Å². The maximum Gasteiger partial charge on any atom is 0.336 e. The van der Waals surface area contributed by atoms with Crippen LogP contribution in [0.5, 0.6) is 0 Å². The van der Waals surface area contributed by atoms with Crippen LogP contribution < -0.4 is 5.32 Å². The Morgan fingerprint density at radius 3 is 3.12 bits per heavy atom. The van der Waals surface area contributed by atoms with E-state index in [1.165, 1.54) is 30.7 Å². The molecule has 1 aromatic rings. The first-order valence-electron chi connectivity index (χ1n) is 5.88. The molecular weight excluding hydrogens is 236 g/mol. The molecule has 2 rings (SSSR count). The molecule has 1 saturated heterocycles. The molecule has 1 aromatic heterocycles. The van der Waals surface area contributed by atoms with Gasteiger partial charge in [-0.3, -0.25) is 0 Å². The maximum absolute atomic E-state index is 10.7. The molecule has 1 aliphatic heterocycles. The average Bonchev–Trinajstić information content (AvgIpc) is 2.89. The number of hydrogen-bond donors (Lipinski definition) is 2. The van der Waals surface area contributed by atoms with Crippen LogP contribution in [0.25, 0.3) is 0 Å². The van der Waals surface area contributed by atoms with E-state index in [2.05, 4.69) is 17.3 Å². The van der Waals surface area contributed by atoms with Crippen molar-refractivity contribution in [3.63, 3.8) is 0 Å². The third-order valence-corrected chi connectivity index (χ3v) is 4.19. The Labute approximate surface area is 105 Å². The van der Waals surface area contributed by atoms with E-state index in [-0.39, 0.29) is 0 Å². The molecule has 4 nitrogen and oxygen atoms in total. The summed E-state index contributed by atoms with van der Waals surface area (Å²) in [5, 5.41) is 13.9. The predicted molar refractivity (Wildman–Crippen MR) is 68.6 cm³/mol. The summed E-state index contributed by atoms with van der Waals surface area (Å²) in [6, 6.07) is 2.38. The zero-order chi connectivity index (χ0) is 12.3. The van der Waals surface area contributed by atoms with E-state index < -0.39 is 5.97 Å². The first-order chi connectivity index (χ1) is 8.16. The van der Waals surface area contributed by atoms with E-state index in [1.54, 1.807) is 11.4 Å². The maximum atomic E-state index is 10.7. The van der Waals surface area contributed by atoms with Crippen molar-refractivity contribution in [1.29, 1.82) is 0 Å². The number of likely N-dealkylation sites (N-methyl/N-ethyl adjacent to an activating group) is 1. The second-order valence-electron chi connectivity index (χ2n) is 4.51. The van der Waals surface area contributed by atoms with Crippen LogP contribution in [0.3, 0.4) is 0 Å². The Bertz CT molecular complexity index is 392. The summed E-state index contributed by atoms with van der Waals surface area (Å²) in [4.78, 5) is 14.2. The van der Waals surface area contributed by atoms with Gasteiger partial charge in [-0.25, -0.2) is 4.79 Å². The van der Waals surface area contributed by atoms with Crippen LogP contribution in [-0.4, -0.2) is 42.2 Å². The predicted octanol–water partition coefficient (Wildman–Crippen LogP) is 1.63. The Balaban J connectivity index is 1.76. The summed E-state index contributed by atoms with van der Waals surface area (Å²) in [5.41, 5.74) is 0.393. The molecule has 0 radical (unpaired) electrons. The summed E-state index contributed by atoms with van der Waals surface area (Å²) in [6.07, 6.45) is 2.54. The Morgan fingerprint density at radius 1 is 1.71 bits per heavy atom. The number of carboxylic acids is 1. The fourth-order valence-electron chi connectivity index (χ4n) is 2.18. The quantitative estimate of drug-likeness (QED) is 0.838. The van der Waals surface area contributed by atoms with Gasteiger partial charge in [-0.2, -0.15) is 0 Å². The minimum absolute atomic E-state index is 0.393. The van der Waals surface area contributed by atoms with Crippen molar-refractivity contribution >= 4 is 17.3 Å². The third kappa shape index (κ3) is 3.28. The third-order valence-electron chi connectivity index (χ3n) is 3.25. The van der Waals surface area contributed by atoms with Gasteiger partial charge < -0.3 is 15.3 Å². The molecule has 5 heteroatoms. The highest BCUT2D eigenvalue weighted by atomic mass is 32.1. The van der Waals surface area contributed by atoms with E-state index in [9.17, 15) is 4.79 Å². The normalized spacial score (nSPS) is 20.9. The topological polar surface area (TPSA) is 52.6 Å². The fourth-order valence-corrected chi connectivity index (χ4v) is 3.01. The van der Waals surface area contributed by atoms with Crippen molar-refractivity contribution in [2.45, 2.75) is 25.4 Å². The van der Waals surface area contributed by atoms with Gasteiger partial charge in [0.25, 0.3) is 0 Å². The summed E-state index contributed by atoms with van der Waals surface area (Å²) in [7, 11) is 2.16. The molecule has 0 aliphatic carbocycles. The zero-order valence-electron chi connectivity index (χ0n) is 9.98. The van der Waals surface area contributed by atoms with Gasteiger partial charge in [0.15, 0.2) is 0 Å². The van der Waals surface area contributed by atoms with Gasteiger partial charge in [0.2, 0.25) is 0 Å². The lowest BCUT2D eigenvalue weighted by Gasteiger charge is -2.19. The van der Waals surface area contributed by atoms with Crippen LogP contribution in [0.1, 0.15) is 28.1 Å². The number of aromatic carboxylic acids is 1. The lowest BCUT2D eigenvalue weighted by atomic mass is 10.2. The molecule has 0 spiro atoms. The van der Waals surface area contributed by atoms with Gasteiger partial charge in [-0.05, 0) is 32.5 Å². The summed E-state index contributed by atoms with van der Waals surface area (Å²) >= 11 is 1.50. The van der Waals surface area contributed by atoms with E-state index in [0.29, 0.717) is 11.6 Å². The number of nitrogens with zero attached hydrogens (tertiary/aromatic N) is 1. The van der Waals surface area contributed by atoms with E-state index in [1.807, 2.05) is 0 Å². The Hall–Kier alpha value is -0.910. The van der Waals surface area contributed by atoms with Crippen molar-refractivity contribution in [3.8, 4) is 0 Å². The number of likely N-dealkylation sites (tertiary alicyclic amines) is 1. The molecule has 1 atom stereocenters. The summed E-state index contributed by atoms with van der Waals surface area (Å²) < 4.78 is 0. The standard InChI is InChI=1S/C12H18N2O2S/c1-14-4-2-3-10(14)6-13-7-11-5-9(8-17-11)12(15)16/h5,8,10,13H,2-4,6-7H2,1H3,(H,15,16). The number of nitrogens with one attached hydrogen (secondary N) is 1. The molecule has 2 heterocycles. The SMILES string of the molecule is CN1CCCC1CNCc1cc(C(=O)O)cs1. The lowest BCUT2D eigenvalue weighted by Crippen LogP contribution is -2.35. The van der Waals surface area contributed by atoms with Gasteiger partial charge in [0, 0.05) is 29.4 Å². The Morgan fingerprint density at radius 2 is 2.53 bits per heavy atom. The van der Waals surface area contributed by atoms with Crippen molar-refractivity contribution in [2.24, 2.45) is 0 Å². The zero-order valence-corrected chi connectivity index (χ0v) is 10.8. The van der Waals surface area contributed by atoms with Gasteiger partial charge in [-0.15, -0.1) is 11.3 Å². The highest BCUT2D eigenvalue weighted by Crippen LogP contribution is 2.16. The summed E-state index contributed by atoms with van der Waals surface area (Å²) in [5.74, 6) is -0.844. The number of carboxylic acid groups (broad SMARTS) is 1. The number of rotatable bonds is 5. The van der Waals surface area contributed by atoms with Crippen molar-refractivity contribution in [3.05, 3.63) is 21.9 Å². The molecule has 1 fully saturated rings. The van der Waals surface area contributed by atoms with Crippen molar-refractivity contribution in [1.82, 2.24) is 10.2 Å². The minimum Gasteiger partial charge on any atom is -0.478 e. The molecule has 0 aromatic carbocycles. The monoisotopic (exact) mass is 254 g/mol. The van der Waals surface area contributed by atoms with Crippen LogP contribution in [0.2, 0.25) is 0 Å². The lowest BCUT2D eigenvalue weighted by molar-refractivity contribution is 0.0697. The molecule has 1 aliphatic rings. The first-order valence-corrected chi connectivity index (χ1v) is 6.76. The van der Waals surface area contributed by atoms with E-state index in [4.69, 9.17) is 5.11 Å². The van der Waals surface area contributed by atoms with E-state index in [0.717, 1.165) is 18.0 Å². The number of carbonyl (C=O) groups is 1. The van der Waals surface area contributed by atoms with E-state index >= 15 is 0 Å². The van der Waals surface area contributed by atoms with Crippen molar-refractivity contribution in [2.75, 3.05) is 20.1 Å². The molecule has 0 amide bonds. The highest BCUT2D eigenvalue weighted by molar-refractivity contribution is 7.10. The van der Waals surface area contributed by atoms with Gasteiger partial charge in [-0.1, -0.05) is 0 Å². The van der Waals surface area contributed by atoms with Crippen molar-refractivity contribution < 1.29 is 9.90 Å². The number of thiophene rings is 1. The van der Waals surface area contributed by atoms with Crippen LogP contribution in [0.4, 0.5) is 0 Å². The second-order valence-corrected chi connectivity index (χ2v) is 5.51. The van der Waals surface area contributed by atoms with Gasteiger partial charge in [0.1, 0.15) is 0 Å². The minimum atomic E-state index is -0.844. The molecule has 1 unspecified atom stereocenters. The molecule has 0 saturated carbocycles. The average molecular weight is 254 g/mol. The van der Waals surface area contributed by atoms with Crippen LogP contribution in [-0.2, 0) is 6.54 Å². The number of hydrogen-bond acceptors (Lipinski definition) is 4. The highest BCUT2D eigenvalue weighted by Gasteiger charge is 2.19. The Kier molecular flexibility index (Phi) is 4.15. The molecular formula is C12H18N2O2S. The molecule has 94 valence electrons. The van der Waals surface area contributed by atoms with Gasteiger partial charge in [0.05, 0.1) is 5.56 Å². The molecule has 17 heavy (non-hydrogen) atoms. The largest absolute Gasteiger partial charge is 0.478 e. The first kappa shape index (κ1) is 12.5. The van der Waals surface area contributed by atoms with Crippen LogP contribution in [0, 0.1) is 0 Å². The van der Waals surface area contributed by atoms with Crippen LogP contribution >= 0.6 is 11.3 Å². The van der Waals surface area contributed by atoms with Gasteiger partial charge >= 0.3 is 5.97 Å². The summed E-state index contributed by atoms with van der Waals surface area (Å²) in [6.45, 7) is 2.94. The molecule has 0 bridgehead atoms. The molecule has 2 N–H and O–H groups in total. The second kappa shape index (κ2) is 5.62.